The first-order chi connectivity index (χ1) is 9.22. The number of hydrogen-bond acceptors (Lipinski definition) is 4. The zero-order valence-electron chi connectivity index (χ0n) is 10.7. The Kier molecular flexibility index (Phi) is 2.74. The lowest BCUT2D eigenvalue weighted by Crippen LogP contribution is -2.11. The predicted molar refractivity (Wildman–Crippen MR) is 71.8 cm³/mol. The quantitative estimate of drug-likeness (QED) is 0.805. The maximum atomic E-state index is 12.0. The van der Waals surface area contributed by atoms with Crippen LogP contribution in [-0.2, 0) is 17.6 Å². The summed E-state index contributed by atoms with van der Waals surface area (Å²) in [6.45, 7) is 2.12. The molecular weight excluding hydrogens is 242 g/mol. The third-order valence-electron chi connectivity index (χ3n) is 3.38. The van der Waals surface area contributed by atoms with E-state index in [0.717, 1.165) is 29.8 Å². The van der Waals surface area contributed by atoms with Crippen molar-refractivity contribution >= 4 is 11.8 Å². The van der Waals surface area contributed by atoms with Crippen molar-refractivity contribution in [1.82, 2.24) is 9.97 Å². The molecule has 0 spiro atoms. The van der Waals surface area contributed by atoms with E-state index >= 15 is 0 Å². The average Bonchev–Trinajstić information content (AvgIpc) is 2.75. The predicted octanol–water partition coefficient (Wildman–Crippen LogP) is 1.93. The summed E-state index contributed by atoms with van der Waals surface area (Å²) in [6.07, 6.45) is 3.38. The second-order valence-corrected chi connectivity index (χ2v) is 4.50. The number of esters is 1. The standard InChI is InChI=1S/C14H15N3O2/c1-2-19-14(18)10-9-6-5-8-4-3-7-16-11(8)12(9)17-13(10)15/h3-4,7,17H,2,5-6,15H2,1H3. The maximum Gasteiger partial charge on any atom is 0.342 e. The molecule has 5 heteroatoms. The van der Waals surface area contributed by atoms with Gasteiger partial charge < -0.3 is 15.5 Å². The fourth-order valence-electron chi connectivity index (χ4n) is 2.57. The molecule has 0 aromatic carbocycles. The molecule has 2 aromatic rings. The van der Waals surface area contributed by atoms with E-state index in [-0.39, 0.29) is 5.97 Å². The van der Waals surface area contributed by atoms with Gasteiger partial charge in [0.1, 0.15) is 11.4 Å². The van der Waals surface area contributed by atoms with Gasteiger partial charge in [-0.25, -0.2) is 4.79 Å². The molecule has 0 aliphatic heterocycles. The van der Waals surface area contributed by atoms with Gasteiger partial charge in [-0.3, -0.25) is 4.98 Å². The largest absolute Gasteiger partial charge is 0.462 e. The molecule has 0 amide bonds. The van der Waals surface area contributed by atoms with Gasteiger partial charge in [-0.1, -0.05) is 6.07 Å². The molecule has 2 aromatic heterocycles. The normalized spacial score (nSPS) is 12.7. The van der Waals surface area contributed by atoms with Crippen LogP contribution in [0.15, 0.2) is 18.3 Å². The Bertz CT molecular complexity index is 646. The van der Waals surface area contributed by atoms with Crippen LogP contribution < -0.4 is 5.73 Å². The van der Waals surface area contributed by atoms with Crippen molar-refractivity contribution in [2.75, 3.05) is 12.3 Å². The number of nitrogens with zero attached hydrogens (tertiary/aromatic N) is 1. The first-order valence-corrected chi connectivity index (χ1v) is 6.34. The monoisotopic (exact) mass is 257 g/mol. The summed E-state index contributed by atoms with van der Waals surface area (Å²) in [5.41, 5.74) is 10.2. The molecule has 3 N–H and O–H groups in total. The van der Waals surface area contributed by atoms with Gasteiger partial charge in [0.25, 0.3) is 0 Å². The lowest BCUT2D eigenvalue weighted by molar-refractivity contribution is 0.0526. The van der Waals surface area contributed by atoms with E-state index in [1.165, 1.54) is 5.56 Å². The van der Waals surface area contributed by atoms with Crippen LogP contribution in [0.4, 0.5) is 5.82 Å². The van der Waals surface area contributed by atoms with Crippen LogP contribution in [0.25, 0.3) is 11.4 Å². The molecule has 0 atom stereocenters. The van der Waals surface area contributed by atoms with E-state index in [1.807, 2.05) is 12.1 Å². The van der Waals surface area contributed by atoms with Crippen LogP contribution in [0.3, 0.4) is 0 Å². The lowest BCUT2D eigenvalue weighted by Gasteiger charge is -2.15. The number of fused-ring (bicyclic) bond motifs is 3. The highest BCUT2D eigenvalue weighted by Crippen LogP contribution is 2.36. The van der Waals surface area contributed by atoms with Crippen molar-refractivity contribution < 1.29 is 9.53 Å². The summed E-state index contributed by atoms with van der Waals surface area (Å²) in [5, 5.41) is 0. The fourth-order valence-corrected chi connectivity index (χ4v) is 2.57. The maximum absolute atomic E-state index is 12.0. The van der Waals surface area contributed by atoms with Gasteiger partial charge in [0.15, 0.2) is 0 Å². The zero-order chi connectivity index (χ0) is 13.4. The van der Waals surface area contributed by atoms with E-state index in [0.29, 0.717) is 18.0 Å². The van der Waals surface area contributed by atoms with Gasteiger partial charge >= 0.3 is 5.97 Å². The topological polar surface area (TPSA) is 81.0 Å². The minimum Gasteiger partial charge on any atom is -0.462 e. The molecule has 0 unspecified atom stereocenters. The highest BCUT2D eigenvalue weighted by Gasteiger charge is 2.27. The number of aryl methyl sites for hydroxylation is 1. The minimum atomic E-state index is -0.364. The number of nitrogens with two attached hydrogens (primary N) is 1. The van der Waals surface area contributed by atoms with Gasteiger partial charge in [-0.15, -0.1) is 0 Å². The molecule has 19 heavy (non-hydrogen) atoms. The summed E-state index contributed by atoms with van der Waals surface area (Å²) in [4.78, 5) is 19.4. The third kappa shape index (κ3) is 1.78. The number of H-pyrrole nitrogens is 1. The van der Waals surface area contributed by atoms with Crippen LogP contribution in [0.1, 0.15) is 28.4 Å². The van der Waals surface area contributed by atoms with Crippen LogP contribution in [-0.4, -0.2) is 22.5 Å². The molecule has 1 aliphatic rings. The van der Waals surface area contributed by atoms with Crippen LogP contribution in [0.2, 0.25) is 0 Å². The van der Waals surface area contributed by atoms with Gasteiger partial charge in [-0.2, -0.15) is 0 Å². The van der Waals surface area contributed by atoms with Crippen molar-refractivity contribution in [1.29, 1.82) is 0 Å². The Labute approximate surface area is 110 Å². The molecule has 3 rings (SSSR count). The lowest BCUT2D eigenvalue weighted by atomic mass is 9.92. The number of nitrogen functional groups attached to an aromatic ring is 1. The zero-order valence-corrected chi connectivity index (χ0v) is 10.7. The van der Waals surface area contributed by atoms with Gasteiger partial charge in [-0.05, 0) is 37.0 Å². The smallest absolute Gasteiger partial charge is 0.342 e. The molecule has 0 saturated carbocycles. The van der Waals surface area contributed by atoms with Gasteiger partial charge in [0.2, 0.25) is 0 Å². The Morgan fingerprint density at radius 2 is 2.37 bits per heavy atom. The number of nitrogens with one attached hydrogen (secondary N) is 1. The van der Waals surface area contributed by atoms with Crippen molar-refractivity contribution in [3.05, 3.63) is 35.0 Å². The molecule has 0 radical (unpaired) electrons. The van der Waals surface area contributed by atoms with Crippen molar-refractivity contribution in [3.63, 3.8) is 0 Å². The molecule has 0 bridgehead atoms. The SMILES string of the molecule is CCOC(=O)c1c(N)[nH]c2c1CCc1cccnc1-2. The molecule has 1 aliphatic carbocycles. The number of rotatable bonds is 2. The highest BCUT2D eigenvalue weighted by molar-refractivity contribution is 5.99. The van der Waals surface area contributed by atoms with Crippen LogP contribution in [0, 0.1) is 0 Å². The number of carbonyl (C=O) groups is 1. The number of aromatic amines is 1. The number of aromatic nitrogens is 2. The fraction of sp³-hybridized carbons (Fsp3) is 0.286. The molecular formula is C14H15N3O2. The third-order valence-corrected chi connectivity index (χ3v) is 3.38. The van der Waals surface area contributed by atoms with Crippen molar-refractivity contribution in [2.45, 2.75) is 19.8 Å². The Morgan fingerprint density at radius 3 is 3.16 bits per heavy atom. The van der Waals surface area contributed by atoms with E-state index in [1.54, 1.807) is 13.1 Å². The number of hydrogen-bond donors (Lipinski definition) is 2. The first-order valence-electron chi connectivity index (χ1n) is 6.34. The van der Waals surface area contributed by atoms with E-state index in [2.05, 4.69) is 9.97 Å². The molecule has 5 nitrogen and oxygen atoms in total. The average molecular weight is 257 g/mol. The number of carbonyl (C=O) groups excluding carboxylic acids is 1. The van der Waals surface area contributed by atoms with E-state index in [9.17, 15) is 4.79 Å². The number of pyridine rings is 1. The van der Waals surface area contributed by atoms with Crippen LogP contribution in [0.5, 0.6) is 0 Å². The van der Waals surface area contributed by atoms with Crippen molar-refractivity contribution in [3.8, 4) is 11.4 Å². The summed E-state index contributed by atoms with van der Waals surface area (Å²) in [6, 6.07) is 3.97. The number of ether oxygens (including phenoxy) is 1. The molecule has 98 valence electrons. The minimum absolute atomic E-state index is 0.340. The molecule has 0 saturated heterocycles. The Morgan fingerprint density at radius 1 is 1.53 bits per heavy atom. The van der Waals surface area contributed by atoms with Gasteiger partial charge in [0.05, 0.1) is 18.0 Å². The van der Waals surface area contributed by atoms with Crippen LogP contribution >= 0.6 is 0 Å². The Hall–Kier alpha value is -2.30. The number of anilines is 1. The molecule has 2 heterocycles. The second-order valence-electron chi connectivity index (χ2n) is 4.50. The summed E-state index contributed by atoms with van der Waals surface area (Å²) >= 11 is 0. The second kappa shape index (κ2) is 4.42. The Balaban J connectivity index is 2.14. The van der Waals surface area contributed by atoms with Gasteiger partial charge in [0, 0.05) is 6.20 Å². The summed E-state index contributed by atoms with van der Waals surface area (Å²) in [7, 11) is 0. The molecule has 0 fully saturated rings. The summed E-state index contributed by atoms with van der Waals surface area (Å²) < 4.78 is 5.06. The van der Waals surface area contributed by atoms with E-state index < -0.39 is 0 Å². The van der Waals surface area contributed by atoms with E-state index in [4.69, 9.17) is 10.5 Å². The summed E-state index contributed by atoms with van der Waals surface area (Å²) in [5.74, 6) is -0.00108. The highest BCUT2D eigenvalue weighted by atomic mass is 16.5. The van der Waals surface area contributed by atoms with Crippen molar-refractivity contribution in [2.24, 2.45) is 0 Å². The first kappa shape index (κ1) is 11.8.